The SMILES string of the molecule is COc1ccc(-c2nc(=S)n(C[NH+]3CC[NH+](CC(=O)NC(C)(C)C)CC3)[nH]2)cc1. The summed E-state index contributed by atoms with van der Waals surface area (Å²) >= 11 is 5.45. The van der Waals surface area contributed by atoms with E-state index in [4.69, 9.17) is 17.0 Å². The van der Waals surface area contributed by atoms with Gasteiger partial charge in [-0.15, -0.1) is 0 Å². The van der Waals surface area contributed by atoms with Crippen LogP contribution in [0.4, 0.5) is 0 Å². The van der Waals surface area contributed by atoms with E-state index in [1.807, 2.05) is 49.7 Å². The Bertz CT molecular complexity index is 876. The first-order valence-electron chi connectivity index (χ1n) is 10.0. The summed E-state index contributed by atoms with van der Waals surface area (Å²) in [6, 6.07) is 7.76. The molecule has 3 rings (SSSR count). The Kier molecular flexibility index (Phi) is 6.71. The van der Waals surface area contributed by atoms with Crippen LogP contribution in [0, 0.1) is 4.77 Å². The molecular weight excluding hydrogens is 388 g/mol. The Morgan fingerprint density at radius 3 is 2.41 bits per heavy atom. The van der Waals surface area contributed by atoms with Gasteiger partial charge in [0, 0.05) is 11.1 Å². The molecule has 0 unspecified atom stereocenters. The molecule has 8 nitrogen and oxygen atoms in total. The molecule has 1 amide bonds. The molecule has 0 saturated carbocycles. The number of carbonyl (C=O) groups is 1. The Morgan fingerprint density at radius 1 is 1.21 bits per heavy atom. The molecule has 1 saturated heterocycles. The van der Waals surface area contributed by atoms with Crippen LogP contribution in [0.5, 0.6) is 5.75 Å². The van der Waals surface area contributed by atoms with Gasteiger partial charge in [-0.05, 0) is 57.3 Å². The smallest absolute Gasteiger partial charge is 0.275 e. The second-order valence-corrected chi connectivity index (χ2v) is 9.01. The number of hydrogen-bond acceptors (Lipinski definition) is 4. The minimum atomic E-state index is -0.178. The zero-order valence-electron chi connectivity index (χ0n) is 17.7. The summed E-state index contributed by atoms with van der Waals surface area (Å²) in [5.41, 5.74) is 0.798. The summed E-state index contributed by atoms with van der Waals surface area (Å²) in [6.07, 6.45) is 0. The number of aromatic amines is 1. The van der Waals surface area contributed by atoms with E-state index in [0.717, 1.165) is 50.0 Å². The van der Waals surface area contributed by atoms with E-state index in [-0.39, 0.29) is 11.4 Å². The average molecular weight is 421 g/mol. The Labute approximate surface area is 176 Å². The highest BCUT2D eigenvalue weighted by Gasteiger charge is 2.26. The molecule has 2 heterocycles. The van der Waals surface area contributed by atoms with E-state index in [0.29, 0.717) is 11.3 Å². The van der Waals surface area contributed by atoms with Gasteiger partial charge in [0.2, 0.25) is 4.77 Å². The average Bonchev–Trinajstić information content (AvgIpc) is 3.02. The van der Waals surface area contributed by atoms with E-state index in [2.05, 4.69) is 15.4 Å². The van der Waals surface area contributed by atoms with Crippen LogP contribution in [-0.2, 0) is 11.5 Å². The van der Waals surface area contributed by atoms with E-state index in [1.165, 1.54) is 9.80 Å². The lowest BCUT2D eigenvalue weighted by atomic mass is 10.1. The van der Waals surface area contributed by atoms with Crippen molar-refractivity contribution in [2.75, 3.05) is 39.8 Å². The monoisotopic (exact) mass is 420 g/mol. The number of carbonyl (C=O) groups excluding carboxylic acids is 1. The first-order valence-corrected chi connectivity index (χ1v) is 10.4. The maximum Gasteiger partial charge on any atom is 0.275 e. The third-order valence-corrected chi connectivity index (χ3v) is 5.33. The van der Waals surface area contributed by atoms with Crippen LogP contribution in [0.3, 0.4) is 0 Å². The van der Waals surface area contributed by atoms with Crippen LogP contribution in [0.1, 0.15) is 20.8 Å². The molecule has 1 aromatic carbocycles. The van der Waals surface area contributed by atoms with E-state index in [9.17, 15) is 4.79 Å². The van der Waals surface area contributed by atoms with Gasteiger partial charge in [0.05, 0.1) is 7.11 Å². The van der Waals surface area contributed by atoms with Crippen LogP contribution in [0.25, 0.3) is 11.4 Å². The number of nitrogens with zero attached hydrogens (tertiary/aromatic N) is 2. The van der Waals surface area contributed by atoms with E-state index >= 15 is 0 Å². The number of methoxy groups -OCH3 is 1. The summed E-state index contributed by atoms with van der Waals surface area (Å²) in [4.78, 5) is 19.4. The van der Waals surface area contributed by atoms with Crippen molar-refractivity contribution < 1.29 is 19.3 Å². The lowest BCUT2D eigenvalue weighted by molar-refractivity contribution is -1.02. The first kappa shape index (κ1) is 21.5. The first-order chi connectivity index (χ1) is 13.7. The lowest BCUT2D eigenvalue weighted by Gasteiger charge is -2.30. The minimum Gasteiger partial charge on any atom is -0.497 e. The number of benzene rings is 1. The minimum absolute atomic E-state index is 0.121. The van der Waals surface area contributed by atoms with Crippen molar-refractivity contribution in [3.63, 3.8) is 0 Å². The second kappa shape index (κ2) is 9.06. The molecule has 1 fully saturated rings. The highest BCUT2D eigenvalue weighted by molar-refractivity contribution is 7.71. The standard InChI is InChI=1S/C20H30N6O2S/c1-20(2,3)22-17(27)13-24-9-11-25(12-10-24)14-26-19(29)21-18(23-26)15-5-7-16(28-4)8-6-15/h5-8H,9-14H2,1-4H3,(H,22,27)(H,21,23,29)/p+2. The number of hydrogen-bond donors (Lipinski definition) is 4. The summed E-state index contributed by atoms with van der Waals surface area (Å²) in [5.74, 6) is 1.70. The third-order valence-electron chi connectivity index (χ3n) is 5.01. The van der Waals surface area contributed by atoms with Crippen LogP contribution in [0.2, 0.25) is 0 Å². The van der Waals surface area contributed by atoms with Crippen molar-refractivity contribution in [3.8, 4) is 17.1 Å². The van der Waals surface area contributed by atoms with Crippen molar-refractivity contribution in [3.05, 3.63) is 29.0 Å². The van der Waals surface area contributed by atoms with Crippen molar-refractivity contribution in [1.29, 1.82) is 0 Å². The summed E-state index contributed by atoms with van der Waals surface area (Å²) < 4.78 is 7.69. The van der Waals surface area contributed by atoms with Crippen LogP contribution in [0.15, 0.2) is 24.3 Å². The largest absolute Gasteiger partial charge is 0.497 e. The zero-order valence-corrected chi connectivity index (χ0v) is 18.5. The summed E-state index contributed by atoms with van der Waals surface area (Å²) in [7, 11) is 1.65. The normalized spacial score (nSPS) is 19.7. The third kappa shape index (κ3) is 6.12. The zero-order chi connectivity index (χ0) is 21.0. The molecule has 1 aliphatic heterocycles. The van der Waals surface area contributed by atoms with Gasteiger partial charge in [-0.3, -0.25) is 9.89 Å². The van der Waals surface area contributed by atoms with E-state index in [1.54, 1.807) is 7.11 Å². The molecular formula is C20H32N6O2S+2. The van der Waals surface area contributed by atoms with Gasteiger partial charge in [0.15, 0.2) is 19.0 Å². The van der Waals surface area contributed by atoms with Crippen LogP contribution < -0.4 is 19.9 Å². The number of aromatic nitrogens is 3. The summed E-state index contributed by atoms with van der Waals surface area (Å²) in [6.45, 7) is 11.3. The fraction of sp³-hybridized carbons (Fsp3) is 0.550. The Balaban J connectivity index is 1.53. The molecule has 4 N–H and O–H groups in total. The number of ether oxygens (including phenoxy) is 1. The fourth-order valence-electron chi connectivity index (χ4n) is 3.55. The van der Waals surface area contributed by atoms with E-state index < -0.39 is 0 Å². The maximum atomic E-state index is 12.1. The lowest BCUT2D eigenvalue weighted by Crippen LogP contribution is -3.28. The highest BCUT2D eigenvalue weighted by Crippen LogP contribution is 2.18. The van der Waals surface area contributed by atoms with Crippen molar-refractivity contribution in [2.45, 2.75) is 33.0 Å². The van der Waals surface area contributed by atoms with Gasteiger partial charge in [0.25, 0.3) is 5.91 Å². The molecule has 0 atom stereocenters. The molecule has 0 radical (unpaired) electrons. The van der Waals surface area contributed by atoms with Crippen molar-refractivity contribution in [1.82, 2.24) is 20.1 Å². The fourth-order valence-corrected chi connectivity index (χ4v) is 3.75. The molecule has 29 heavy (non-hydrogen) atoms. The molecule has 1 aromatic heterocycles. The molecule has 2 aromatic rings. The van der Waals surface area contributed by atoms with Gasteiger partial charge < -0.3 is 19.9 Å². The van der Waals surface area contributed by atoms with Gasteiger partial charge in [-0.1, -0.05) is 0 Å². The predicted octanol–water partition coefficient (Wildman–Crippen LogP) is -0.728. The number of H-pyrrole nitrogens is 1. The number of quaternary nitrogens is 2. The molecule has 0 aliphatic carbocycles. The Morgan fingerprint density at radius 2 is 1.83 bits per heavy atom. The van der Waals surface area contributed by atoms with Crippen LogP contribution >= 0.6 is 12.2 Å². The van der Waals surface area contributed by atoms with Crippen LogP contribution in [-0.4, -0.2) is 66.0 Å². The molecule has 0 spiro atoms. The molecule has 0 bridgehead atoms. The number of nitrogens with one attached hydrogen (secondary N) is 4. The molecule has 9 heteroatoms. The quantitative estimate of drug-likeness (QED) is 0.465. The number of amides is 1. The van der Waals surface area contributed by atoms with Gasteiger partial charge in [0.1, 0.15) is 31.9 Å². The van der Waals surface area contributed by atoms with Gasteiger partial charge in [-0.25, -0.2) is 4.68 Å². The number of piperazine rings is 1. The van der Waals surface area contributed by atoms with Crippen molar-refractivity contribution in [2.24, 2.45) is 0 Å². The van der Waals surface area contributed by atoms with Gasteiger partial charge >= 0.3 is 0 Å². The maximum absolute atomic E-state index is 12.1. The Hall–Kier alpha value is -2.23. The van der Waals surface area contributed by atoms with Gasteiger partial charge in [-0.2, -0.15) is 4.98 Å². The number of rotatable bonds is 6. The highest BCUT2D eigenvalue weighted by atomic mass is 32.1. The van der Waals surface area contributed by atoms with Crippen molar-refractivity contribution >= 4 is 18.1 Å². The summed E-state index contributed by atoms with van der Waals surface area (Å²) in [5, 5.41) is 6.37. The molecule has 158 valence electrons. The molecule has 1 aliphatic rings. The topological polar surface area (TPSA) is 80.8 Å². The second-order valence-electron chi connectivity index (χ2n) is 8.64. The predicted molar refractivity (Wildman–Crippen MR) is 114 cm³/mol.